The summed E-state index contributed by atoms with van der Waals surface area (Å²) in [5, 5.41) is 9.16. The highest BCUT2D eigenvalue weighted by molar-refractivity contribution is 9.10. The first kappa shape index (κ1) is 13.5. The molecule has 0 aliphatic carbocycles. The van der Waals surface area contributed by atoms with Gasteiger partial charge in [0, 0.05) is 15.6 Å². The monoisotopic (exact) mass is 324 g/mol. The van der Waals surface area contributed by atoms with Crippen molar-refractivity contribution in [2.75, 3.05) is 0 Å². The van der Waals surface area contributed by atoms with Crippen molar-refractivity contribution in [3.8, 4) is 0 Å². The van der Waals surface area contributed by atoms with Crippen LogP contribution in [0.25, 0.3) is 0 Å². The molecule has 0 bridgehead atoms. The van der Waals surface area contributed by atoms with E-state index in [0.717, 1.165) is 15.9 Å². The fourth-order valence-corrected chi connectivity index (χ4v) is 2.82. The van der Waals surface area contributed by atoms with E-state index < -0.39 is 0 Å². The molecule has 2 aromatic rings. The van der Waals surface area contributed by atoms with Crippen LogP contribution in [-0.4, -0.2) is 15.1 Å². The van der Waals surface area contributed by atoms with Gasteiger partial charge in [0.2, 0.25) is 0 Å². The molecule has 1 heterocycles. The molecule has 0 aliphatic rings. The van der Waals surface area contributed by atoms with Gasteiger partial charge in [-0.3, -0.25) is 0 Å². The van der Waals surface area contributed by atoms with E-state index in [-0.39, 0.29) is 6.61 Å². The predicted molar refractivity (Wildman–Crippen MR) is 76.4 cm³/mol. The summed E-state index contributed by atoms with van der Waals surface area (Å²) in [6, 6.07) is 8.11. The van der Waals surface area contributed by atoms with Crippen molar-refractivity contribution in [3.05, 3.63) is 52.0 Å². The summed E-state index contributed by atoms with van der Waals surface area (Å²) in [7, 11) is 0. The van der Waals surface area contributed by atoms with Crippen LogP contribution in [0.3, 0.4) is 0 Å². The Hall–Kier alpha value is -0.910. The Bertz CT molecular complexity index is 548. The number of aromatic nitrogens is 2. The van der Waals surface area contributed by atoms with Gasteiger partial charge in [-0.05, 0) is 30.7 Å². The molecule has 3 nitrogen and oxygen atoms in total. The molecule has 0 amide bonds. The maximum atomic E-state index is 9.16. The largest absolute Gasteiger partial charge is 0.390 e. The lowest BCUT2D eigenvalue weighted by Gasteiger charge is -2.05. The van der Waals surface area contributed by atoms with Crippen molar-refractivity contribution in [3.63, 3.8) is 0 Å². The molecular formula is C13H13BrN2OS. The maximum Gasteiger partial charge on any atom is 0.138 e. The Balaban J connectivity index is 2.06. The van der Waals surface area contributed by atoms with Gasteiger partial charge in [0.05, 0.1) is 18.1 Å². The lowest BCUT2D eigenvalue weighted by atomic mass is 10.2. The number of nitrogens with zero attached hydrogens (tertiary/aromatic N) is 2. The van der Waals surface area contributed by atoms with Crippen LogP contribution in [-0.2, 0) is 12.4 Å². The molecule has 94 valence electrons. The number of hydrogen-bond acceptors (Lipinski definition) is 4. The first-order chi connectivity index (χ1) is 8.69. The van der Waals surface area contributed by atoms with Crippen LogP contribution in [0.1, 0.15) is 17.1 Å². The first-order valence-corrected chi connectivity index (χ1v) is 7.27. The molecule has 0 atom stereocenters. The molecule has 0 aliphatic heterocycles. The second-order valence-corrected chi connectivity index (χ2v) is 5.78. The zero-order chi connectivity index (χ0) is 13.0. The lowest BCUT2D eigenvalue weighted by molar-refractivity contribution is 0.275. The van der Waals surface area contributed by atoms with E-state index in [1.807, 2.05) is 19.1 Å². The number of aliphatic hydroxyl groups excluding tert-OH is 1. The summed E-state index contributed by atoms with van der Waals surface area (Å²) in [6.45, 7) is 1.86. The van der Waals surface area contributed by atoms with Crippen LogP contribution >= 0.6 is 27.7 Å². The Morgan fingerprint density at radius 1 is 1.39 bits per heavy atom. The molecule has 5 heteroatoms. The molecule has 0 radical (unpaired) electrons. The number of aryl methyl sites for hydroxylation is 1. The second kappa shape index (κ2) is 6.31. The molecule has 0 saturated heterocycles. The molecule has 0 fully saturated rings. The Morgan fingerprint density at radius 2 is 2.22 bits per heavy atom. The number of hydrogen-bond donors (Lipinski definition) is 1. The minimum Gasteiger partial charge on any atom is -0.390 e. The highest BCUT2D eigenvalue weighted by Gasteiger charge is 2.04. The van der Waals surface area contributed by atoms with E-state index in [9.17, 15) is 0 Å². The highest BCUT2D eigenvalue weighted by Crippen LogP contribution is 2.24. The topological polar surface area (TPSA) is 46.0 Å². The smallest absolute Gasteiger partial charge is 0.138 e. The van der Waals surface area contributed by atoms with Gasteiger partial charge in [0.1, 0.15) is 5.82 Å². The van der Waals surface area contributed by atoms with E-state index >= 15 is 0 Å². The lowest BCUT2D eigenvalue weighted by Crippen LogP contribution is -2.00. The molecule has 0 saturated carbocycles. The normalized spacial score (nSPS) is 10.6. The average molecular weight is 325 g/mol. The summed E-state index contributed by atoms with van der Waals surface area (Å²) in [5.41, 5.74) is 1.63. The second-order valence-electron chi connectivity index (χ2n) is 3.82. The van der Waals surface area contributed by atoms with Crippen molar-refractivity contribution in [1.29, 1.82) is 0 Å². The third kappa shape index (κ3) is 3.54. The van der Waals surface area contributed by atoms with Gasteiger partial charge in [0.15, 0.2) is 0 Å². The van der Waals surface area contributed by atoms with Gasteiger partial charge in [-0.15, -0.1) is 11.8 Å². The molecule has 1 aromatic carbocycles. The number of rotatable bonds is 4. The Labute approximate surface area is 119 Å². The fraction of sp³-hybridized carbons (Fsp3) is 0.231. The molecule has 1 N–H and O–H groups in total. The summed E-state index contributed by atoms with van der Waals surface area (Å²) in [4.78, 5) is 9.77. The molecule has 0 unspecified atom stereocenters. The van der Waals surface area contributed by atoms with Crippen LogP contribution < -0.4 is 0 Å². The van der Waals surface area contributed by atoms with Crippen molar-refractivity contribution >= 4 is 27.7 Å². The summed E-state index contributed by atoms with van der Waals surface area (Å²) in [5.74, 6) is 1.44. The Kier molecular flexibility index (Phi) is 4.74. The molecule has 2 rings (SSSR count). The van der Waals surface area contributed by atoms with Gasteiger partial charge in [-0.25, -0.2) is 9.97 Å². The molecule has 1 aromatic heterocycles. The average Bonchev–Trinajstić information content (AvgIpc) is 2.38. The third-order valence-electron chi connectivity index (χ3n) is 2.44. The summed E-state index contributed by atoms with van der Waals surface area (Å²) in [6.07, 6.45) is 1.76. The van der Waals surface area contributed by atoms with E-state index in [1.54, 1.807) is 18.0 Å². The predicted octanol–water partition coefficient (Wildman–Crippen LogP) is 3.33. The van der Waals surface area contributed by atoms with Crippen LogP contribution in [0.4, 0.5) is 0 Å². The van der Waals surface area contributed by atoms with Crippen molar-refractivity contribution in [2.24, 2.45) is 0 Å². The maximum absolute atomic E-state index is 9.16. The van der Waals surface area contributed by atoms with Crippen LogP contribution in [0.15, 0.2) is 39.8 Å². The Morgan fingerprint density at radius 3 is 2.94 bits per heavy atom. The van der Waals surface area contributed by atoms with E-state index in [0.29, 0.717) is 11.4 Å². The minimum atomic E-state index is -0.0388. The standard InChI is InChI=1S/C13H13BrN2OS/c1-9-6-15-13(16-12(9)7-17)8-18-11-4-2-3-10(14)5-11/h2-6,17H,7-8H2,1H3. The zero-order valence-electron chi connectivity index (χ0n) is 9.93. The molecular weight excluding hydrogens is 312 g/mol. The summed E-state index contributed by atoms with van der Waals surface area (Å²) >= 11 is 5.12. The van der Waals surface area contributed by atoms with Crippen molar-refractivity contribution < 1.29 is 5.11 Å². The number of halogens is 1. The van der Waals surface area contributed by atoms with Crippen LogP contribution in [0, 0.1) is 6.92 Å². The van der Waals surface area contributed by atoms with Crippen LogP contribution in [0.2, 0.25) is 0 Å². The number of aliphatic hydroxyl groups is 1. The first-order valence-electron chi connectivity index (χ1n) is 5.49. The van der Waals surface area contributed by atoms with Gasteiger partial charge in [-0.1, -0.05) is 22.0 Å². The summed E-state index contributed by atoms with van der Waals surface area (Å²) < 4.78 is 1.06. The quantitative estimate of drug-likeness (QED) is 0.876. The highest BCUT2D eigenvalue weighted by atomic mass is 79.9. The van der Waals surface area contributed by atoms with Crippen LogP contribution in [0.5, 0.6) is 0 Å². The molecule has 0 spiro atoms. The van der Waals surface area contributed by atoms with Gasteiger partial charge in [0.25, 0.3) is 0 Å². The van der Waals surface area contributed by atoms with Gasteiger partial charge >= 0.3 is 0 Å². The van der Waals surface area contributed by atoms with Gasteiger partial charge < -0.3 is 5.11 Å². The van der Waals surface area contributed by atoms with E-state index in [1.165, 1.54) is 4.90 Å². The van der Waals surface area contributed by atoms with Crippen molar-refractivity contribution in [1.82, 2.24) is 9.97 Å². The SMILES string of the molecule is Cc1cnc(CSc2cccc(Br)c2)nc1CO. The fourth-order valence-electron chi connectivity index (χ4n) is 1.45. The van der Waals surface area contributed by atoms with Crippen molar-refractivity contribution in [2.45, 2.75) is 24.2 Å². The van der Waals surface area contributed by atoms with E-state index in [4.69, 9.17) is 5.11 Å². The zero-order valence-corrected chi connectivity index (χ0v) is 12.3. The van der Waals surface area contributed by atoms with Gasteiger partial charge in [-0.2, -0.15) is 0 Å². The minimum absolute atomic E-state index is 0.0388. The molecule has 18 heavy (non-hydrogen) atoms. The third-order valence-corrected chi connectivity index (χ3v) is 3.92. The van der Waals surface area contributed by atoms with E-state index in [2.05, 4.69) is 38.0 Å². The number of thioether (sulfide) groups is 1. The number of benzene rings is 1.